The number of thiazole rings is 1. The van der Waals surface area contributed by atoms with Gasteiger partial charge in [-0.25, -0.2) is 9.37 Å². The molecule has 0 bridgehead atoms. The summed E-state index contributed by atoms with van der Waals surface area (Å²) in [7, 11) is 3.93. The number of aromatic nitrogens is 1. The zero-order valence-corrected chi connectivity index (χ0v) is 16.2. The monoisotopic (exact) mass is 383 g/mol. The van der Waals surface area contributed by atoms with Crippen LogP contribution in [0.4, 0.5) is 4.39 Å². The molecular formula is C21H22FN3OS. The molecule has 3 rings (SSSR count). The van der Waals surface area contributed by atoms with Gasteiger partial charge >= 0.3 is 0 Å². The van der Waals surface area contributed by atoms with E-state index in [1.54, 1.807) is 17.2 Å². The molecule has 1 amide bonds. The minimum Gasteiger partial charge on any atom is -0.332 e. The van der Waals surface area contributed by atoms with Gasteiger partial charge in [0.1, 0.15) is 15.7 Å². The van der Waals surface area contributed by atoms with Gasteiger partial charge in [0.25, 0.3) is 5.91 Å². The van der Waals surface area contributed by atoms with Crippen LogP contribution in [0, 0.1) is 5.82 Å². The van der Waals surface area contributed by atoms with Crippen LogP contribution in [0.1, 0.15) is 15.2 Å². The van der Waals surface area contributed by atoms with Crippen molar-refractivity contribution in [3.63, 3.8) is 0 Å². The van der Waals surface area contributed by atoms with Gasteiger partial charge < -0.3 is 9.80 Å². The van der Waals surface area contributed by atoms with Crippen molar-refractivity contribution in [2.45, 2.75) is 6.54 Å². The lowest BCUT2D eigenvalue weighted by atomic mass is 10.2. The molecule has 0 radical (unpaired) electrons. The summed E-state index contributed by atoms with van der Waals surface area (Å²) in [4.78, 5) is 21.8. The minimum atomic E-state index is -0.295. The summed E-state index contributed by atoms with van der Waals surface area (Å²) in [5, 5.41) is 0.817. The number of hydrogen-bond acceptors (Lipinski definition) is 4. The number of carbonyl (C=O) groups is 1. The van der Waals surface area contributed by atoms with Crippen LogP contribution in [0.3, 0.4) is 0 Å². The Labute approximate surface area is 162 Å². The van der Waals surface area contributed by atoms with Gasteiger partial charge in [0.15, 0.2) is 0 Å². The van der Waals surface area contributed by atoms with Crippen molar-refractivity contribution in [1.29, 1.82) is 0 Å². The highest BCUT2D eigenvalue weighted by Gasteiger charge is 2.19. The van der Waals surface area contributed by atoms with Crippen molar-refractivity contribution in [3.8, 4) is 10.6 Å². The Hall–Kier alpha value is -2.57. The number of hydrogen-bond donors (Lipinski definition) is 0. The molecule has 0 unspecified atom stereocenters. The fourth-order valence-corrected chi connectivity index (χ4v) is 3.56. The van der Waals surface area contributed by atoms with E-state index in [4.69, 9.17) is 0 Å². The van der Waals surface area contributed by atoms with Gasteiger partial charge in [-0.05, 0) is 31.8 Å². The van der Waals surface area contributed by atoms with Crippen LogP contribution in [0.25, 0.3) is 10.6 Å². The van der Waals surface area contributed by atoms with E-state index in [9.17, 15) is 9.18 Å². The largest absolute Gasteiger partial charge is 0.332 e. The van der Waals surface area contributed by atoms with Crippen molar-refractivity contribution in [1.82, 2.24) is 14.8 Å². The molecule has 6 heteroatoms. The average Bonchev–Trinajstić information content (AvgIpc) is 3.15. The molecule has 0 N–H and O–H groups in total. The number of halogens is 1. The third-order valence-corrected chi connectivity index (χ3v) is 5.14. The summed E-state index contributed by atoms with van der Waals surface area (Å²) >= 11 is 1.38. The maximum Gasteiger partial charge on any atom is 0.265 e. The highest BCUT2D eigenvalue weighted by atomic mass is 32.1. The van der Waals surface area contributed by atoms with Crippen LogP contribution in [0.2, 0.25) is 0 Å². The van der Waals surface area contributed by atoms with E-state index < -0.39 is 0 Å². The molecule has 1 heterocycles. The average molecular weight is 383 g/mol. The summed E-state index contributed by atoms with van der Waals surface area (Å²) in [5.74, 6) is -0.377. The van der Waals surface area contributed by atoms with E-state index in [2.05, 4.69) is 4.98 Å². The van der Waals surface area contributed by atoms with Gasteiger partial charge in [-0.3, -0.25) is 4.79 Å². The topological polar surface area (TPSA) is 36.4 Å². The molecule has 0 atom stereocenters. The summed E-state index contributed by atoms with van der Waals surface area (Å²) in [5.41, 5.74) is 1.77. The first-order chi connectivity index (χ1) is 13.0. The molecule has 0 saturated heterocycles. The molecule has 0 aliphatic rings. The normalized spacial score (nSPS) is 11.0. The third-order valence-electron chi connectivity index (χ3n) is 4.10. The quantitative estimate of drug-likeness (QED) is 0.615. The van der Waals surface area contributed by atoms with Crippen LogP contribution in [0.15, 0.2) is 60.8 Å². The molecule has 3 aromatic rings. The standard InChI is InChI=1S/C21H22FN3OS/c1-24(2)11-12-25(15-16-7-6-10-18(22)13-16)21(26)19-14-23-20(27-19)17-8-4-3-5-9-17/h3-10,13-14H,11-12,15H2,1-2H3. The molecule has 4 nitrogen and oxygen atoms in total. The Bertz CT molecular complexity index is 895. The lowest BCUT2D eigenvalue weighted by Crippen LogP contribution is -2.36. The number of likely N-dealkylation sites (N-methyl/N-ethyl adjacent to an activating group) is 1. The molecule has 0 spiro atoms. The lowest BCUT2D eigenvalue weighted by molar-refractivity contribution is 0.0736. The Morgan fingerprint density at radius 2 is 1.85 bits per heavy atom. The summed E-state index contributed by atoms with van der Waals surface area (Å²) < 4.78 is 13.5. The maximum absolute atomic E-state index is 13.5. The fourth-order valence-electron chi connectivity index (χ4n) is 2.67. The number of rotatable bonds is 7. The maximum atomic E-state index is 13.5. The molecule has 27 heavy (non-hydrogen) atoms. The smallest absolute Gasteiger partial charge is 0.265 e. The van der Waals surface area contributed by atoms with E-state index in [0.29, 0.717) is 18.0 Å². The van der Waals surface area contributed by atoms with Crippen molar-refractivity contribution >= 4 is 17.2 Å². The van der Waals surface area contributed by atoms with Gasteiger partial charge in [0, 0.05) is 25.2 Å². The first kappa shape index (κ1) is 19.2. The van der Waals surface area contributed by atoms with Crippen molar-refractivity contribution in [3.05, 3.63) is 77.1 Å². The molecule has 0 saturated carbocycles. The first-order valence-corrected chi connectivity index (χ1v) is 9.54. The summed E-state index contributed by atoms with van der Waals surface area (Å²) in [6.07, 6.45) is 1.63. The number of amides is 1. The Morgan fingerprint density at radius 1 is 1.07 bits per heavy atom. The second-order valence-electron chi connectivity index (χ2n) is 6.56. The van der Waals surface area contributed by atoms with Crippen molar-refractivity contribution < 1.29 is 9.18 Å². The first-order valence-electron chi connectivity index (χ1n) is 8.72. The predicted molar refractivity (Wildman–Crippen MR) is 107 cm³/mol. The van der Waals surface area contributed by atoms with Crippen LogP contribution < -0.4 is 0 Å². The van der Waals surface area contributed by atoms with Gasteiger partial charge in [0.05, 0.1) is 6.20 Å². The molecule has 0 aliphatic carbocycles. The molecular weight excluding hydrogens is 361 g/mol. The molecule has 2 aromatic carbocycles. The molecule has 1 aromatic heterocycles. The van der Waals surface area contributed by atoms with Crippen LogP contribution >= 0.6 is 11.3 Å². The minimum absolute atomic E-state index is 0.0826. The fraction of sp³-hybridized carbons (Fsp3) is 0.238. The Morgan fingerprint density at radius 3 is 2.56 bits per heavy atom. The van der Waals surface area contributed by atoms with E-state index in [0.717, 1.165) is 22.7 Å². The molecule has 0 aliphatic heterocycles. The predicted octanol–water partition coefficient (Wildman–Crippen LogP) is 4.15. The van der Waals surface area contributed by atoms with Gasteiger partial charge in [-0.1, -0.05) is 42.5 Å². The Balaban J connectivity index is 1.80. The zero-order chi connectivity index (χ0) is 19.2. The van der Waals surface area contributed by atoms with E-state index in [1.807, 2.05) is 55.4 Å². The molecule has 0 fully saturated rings. The van der Waals surface area contributed by atoms with Gasteiger partial charge in [0.2, 0.25) is 0 Å². The van der Waals surface area contributed by atoms with Crippen molar-refractivity contribution in [2.75, 3.05) is 27.2 Å². The lowest BCUT2D eigenvalue weighted by Gasteiger charge is -2.24. The third kappa shape index (κ3) is 5.21. The highest BCUT2D eigenvalue weighted by molar-refractivity contribution is 7.16. The number of nitrogens with zero attached hydrogens (tertiary/aromatic N) is 3. The van der Waals surface area contributed by atoms with E-state index in [1.165, 1.54) is 23.5 Å². The van der Waals surface area contributed by atoms with Crippen LogP contribution in [-0.4, -0.2) is 47.9 Å². The highest BCUT2D eigenvalue weighted by Crippen LogP contribution is 2.26. The second-order valence-corrected chi connectivity index (χ2v) is 7.59. The number of benzene rings is 2. The SMILES string of the molecule is CN(C)CCN(Cc1cccc(F)c1)C(=O)c1cnc(-c2ccccc2)s1. The summed E-state index contributed by atoms with van der Waals surface area (Å²) in [6, 6.07) is 16.2. The number of carbonyl (C=O) groups excluding carboxylic acids is 1. The Kier molecular flexibility index (Phi) is 6.32. The second kappa shape index (κ2) is 8.88. The zero-order valence-electron chi connectivity index (χ0n) is 15.4. The summed E-state index contributed by atoms with van der Waals surface area (Å²) in [6.45, 7) is 1.65. The van der Waals surface area contributed by atoms with E-state index >= 15 is 0 Å². The van der Waals surface area contributed by atoms with Crippen molar-refractivity contribution in [2.24, 2.45) is 0 Å². The molecule has 140 valence electrons. The van der Waals surface area contributed by atoms with Crippen LogP contribution in [0.5, 0.6) is 0 Å². The van der Waals surface area contributed by atoms with Crippen LogP contribution in [-0.2, 0) is 6.54 Å². The van der Waals surface area contributed by atoms with E-state index in [-0.39, 0.29) is 11.7 Å². The van der Waals surface area contributed by atoms with Gasteiger partial charge in [-0.2, -0.15) is 0 Å². The van der Waals surface area contributed by atoms with Gasteiger partial charge in [-0.15, -0.1) is 11.3 Å².